The van der Waals surface area contributed by atoms with Gasteiger partial charge >= 0.3 is 5.97 Å². The number of allylic oxidation sites excluding steroid dienone is 2. The summed E-state index contributed by atoms with van der Waals surface area (Å²) in [5, 5.41) is 0. The molecule has 0 aromatic rings. The van der Waals surface area contributed by atoms with Gasteiger partial charge in [0.05, 0.1) is 0 Å². The van der Waals surface area contributed by atoms with Crippen LogP contribution in [0.5, 0.6) is 0 Å². The van der Waals surface area contributed by atoms with Crippen molar-refractivity contribution < 1.29 is 10.9 Å². The van der Waals surface area contributed by atoms with Crippen LogP contribution in [0.1, 0.15) is 80.9 Å². The molecule has 0 aliphatic heterocycles. The van der Waals surface area contributed by atoms with Crippen molar-refractivity contribution in [2.45, 2.75) is 85.6 Å². The van der Waals surface area contributed by atoms with Crippen LogP contribution in [-0.4, -0.2) is 12.1 Å². The molecule has 2 bridgehead atoms. The minimum atomic E-state index is -0.210. The number of esters is 1. The van der Waals surface area contributed by atoms with Crippen molar-refractivity contribution in [3.63, 3.8) is 0 Å². The second-order valence-electron chi connectivity index (χ2n) is 9.21. The van der Waals surface area contributed by atoms with Gasteiger partial charge in [-0.1, -0.05) is 38.5 Å². The van der Waals surface area contributed by atoms with Crippen LogP contribution in [0.25, 0.3) is 0 Å². The Bertz CT molecular complexity index is 618. The lowest BCUT2D eigenvalue weighted by Crippen LogP contribution is -2.45. The van der Waals surface area contributed by atoms with Crippen LogP contribution in [-0.2, 0) is 9.53 Å². The van der Waals surface area contributed by atoms with Crippen molar-refractivity contribution in [1.29, 1.82) is 0 Å². The first-order valence-corrected chi connectivity index (χ1v) is 9.54. The Morgan fingerprint density at radius 1 is 1.29 bits per heavy atom. The van der Waals surface area contributed by atoms with Crippen LogP contribution < -0.4 is 0 Å². The van der Waals surface area contributed by atoms with Gasteiger partial charge in [0.25, 0.3) is 0 Å². The quantitative estimate of drug-likeness (QED) is 0.446. The Morgan fingerprint density at radius 2 is 2.00 bits per heavy atom. The molecule has 2 heteroatoms. The molecule has 5 atom stereocenters. The van der Waals surface area contributed by atoms with Gasteiger partial charge in [0.15, 0.2) is 0 Å². The summed E-state index contributed by atoms with van der Waals surface area (Å²) < 4.78 is 14.6. The van der Waals surface area contributed by atoms with Gasteiger partial charge in [-0.15, -0.1) is 0 Å². The van der Waals surface area contributed by atoms with E-state index in [9.17, 15) is 4.79 Å². The lowest BCUT2D eigenvalue weighted by Gasteiger charge is -2.53. The summed E-state index contributed by atoms with van der Waals surface area (Å²) in [6.45, 7) is 15.2. The molecule has 0 heterocycles. The van der Waals surface area contributed by atoms with Crippen molar-refractivity contribution in [3.8, 4) is 0 Å². The fourth-order valence-corrected chi connectivity index (χ4v) is 5.63. The molecule has 0 N–H and O–H groups in total. The summed E-state index contributed by atoms with van der Waals surface area (Å²) in [6, 6.07) is 0. The number of ether oxygens (including phenoxy) is 1. The summed E-state index contributed by atoms with van der Waals surface area (Å²) in [5.74, 6) is 0.719. The maximum atomic E-state index is 11.5. The SMILES string of the molecule is [3H]C1C[C@]2(C)CC[C@H](OC(C)=O)C(=C)[C@H]2C[C@@H]2CCC(C)=C1C2(C)C. The zero-order chi connectivity index (χ0) is 18.6. The highest BCUT2D eigenvalue weighted by molar-refractivity contribution is 5.66. The lowest BCUT2D eigenvalue weighted by molar-refractivity contribution is -0.147. The number of carbonyl (C=O) groups excluding carboxylic acids is 1. The van der Waals surface area contributed by atoms with Crippen molar-refractivity contribution in [3.05, 3.63) is 23.3 Å². The monoisotopic (exact) mass is 332 g/mol. The molecule has 24 heavy (non-hydrogen) atoms. The minimum Gasteiger partial charge on any atom is -0.458 e. The molecule has 2 saturated carbocycles. The van der Waals surface area contributed by atoms with Crippen LogP contribution in [0.2, 0.25) is 0 Å². The van der Waals surface area contributed by atoms with E-state index in [1.54, 1.807) is 0 Å². The van der Waals surface area contributed by atoms with E-state index in [0.29, 0.717) is 11.8 Å². The van der Waals surface area contributed by atoms with Crippen molar-refractivity contribution >= 4 is 5.97 Å². The van der Waals surface area contributed by atoms with E-state index in [-0.39, 0.29) is 29.3 Å². The highest BCUT2D eigenvalue weighted by Crippen LogP contribution is 2.58. The highest BCUT2D eigenvalue weighted by Gasteiger charge is 2.49. The number of carbonyl (C=O) groups is 1. The fraction of sp³-hybridized carbons (Fsp3) is 0.773. The smallest absolute Gasteiger partial charge is 0.303 e. The molecule has 1 unspecified atom stereocenters. The molecule has 0 aromatic carbocycles. The highest BCUT2D eigenvalue weighted by atomic mass is 16.5. The Balaban J connectivity index is 1.98. The van der Waals surface area contributed by atoms with Gasteiger partial charge in [0.1, 0.15) is 6.10 Å². The molecule has 2 fully saturated rings. The zero-order valence-electron chi connectivity index (χ0n) is 17.1. The second-order valence-corrected chi connectivity index (χ2v) is 9.21. The van der Waals surface area contributed by atoms with Crippen LogP contribution in [0, 0.1) is 22.7 Å². The van der Waals surface area contributed by atoms with E-state index in [0.717, 1.165) is 37.7 Å². The lowest BCUT2D eigenvalue weighted by atomic mass is 9.52. The molecule has 0 radical (unpaired) electrons. The normalized spacial score (nSPS) is 42.5. The van der Waals surface area contributed by atoms with E-state index in [2.05, 4.69) is 34.3 Å². The van der Waals surface area contributed by atoms with Gasteiger partial charge < -0.3 is 4.74 Å². The zero-order valence-corrected chi connectivity index (χ0v) is 16.1. The minimum absolute atomic E-state index is 0.0880. The third-order valence-electron chi connectivity index (χ3n) is 7.32. The van der Waals surface area contributed by atoms with E-state index >= 15 is 0 Å². The van der Waals surface area contributed by atoms with Crippen molar-refractivity contribution in [2.75, 3.05) is 0 Å². The molecular weight excluding hydrogens is 296 g/mol. The molecule has 0 aromatic heterocycles. The Kier molecular flexibility index (Phi) is 4.13. The standard InChI is InChI=1S/C22H34O2/c1-14-7-8-17-13-19-15(2)20(24-16(3)23)10-12-22(19,6)11-9-18(14)21(17,4)5/h17,19-20H,2,7-13H2,1,3-6H3/t17-,19+,20-,22+/m0/s1/i9T/t9?,17-,19+,20-,22+. The van der Waals surface area contributed by atoms with Gasteiger partial charge in [0, 0.05) is 8.29 Å². The van der Waals surface area contributed by atoms with E-state index in [1.165, 1.54) is 24.5 Å². The van der Waals surface area contributed by atoms with Gasteiger partial charge in [0.2, 0.25) is 0 Å². The molecule has 0 saturated heterocycles. The number of fused-ring (bicyclic) bond motifs is 3. The summed E-state index contributed by atoms with van der Waals surface area (Å²) in [5.41, 5.74) is 4.14. The van der Waals surface area contributed by atoms with Gasteiger partial charge in [-0.25, -0.2) is 0 Å². The Morgan fingerprint density at radius 3 is 2.67 bits per heavy atom. The Labute approximate surface area is 149 Å². The van der Waals surface area contributed by atoms with E-state index < -0.39 is 0 Å². The number of hydrogen-bond donors (Lipinski definition) is 0. The third kappa shape index (κ3) is 2.86. The molecule has 3 rings (SSSR count). The van der Waals surface area contributed by atoms with Gasteiger partial charge in [-0.3, -0.25) is 4.79 Å². The first-order valence-electron chi connectivity index (χ1n) is 10.1. The first kappa shape index (κ1) is 16.4. The summed E-state index contributed by atoms with van der Waals surface area (Å²) in [7, 11) is 0. The number of hydrogen-bond acceptors (Lipinski definition) is 2. The molecule has 0 spiro atoms. The van der Waals surface area contributed by atoms with Gasteiger partial charge in [-0.05, 0) is 80.1 Å². The summed E-state index contributed by atoms with van der Waals surface area (Å²) in [6.07, 6.45) is 5.95. The average Bonchev–Trinajstić information content (AvgIpc) is 2.47. The van der Waals surface area contributed by atoms with Crippen molar-refractivity contribution in [2.24, 2.45) is 22.7 Å². The largest absolute Gasteiger partial charge is 0.458 e. The second kappa shape index (κ2) is 6.04. The maximum Gasteiger partial charge on any atom is 0.303 e. The maximum absolute atomic E-state index is 11.5. The molecule has 2 nitrogen and oxygen atoms in total. The molecule has 0 amide bonds. The predicted octanol–water partition coefficient (Wildman–Crippen LogP) is 5.83. The average molecular weight is 333 g/mol. The van der Waals surface area contributed by atoms with Crippen LogP contribution in [0.15, 0.2) is 23.3 Å². The third-order valence-corrected chi connectivity index (χ3v) is 7.32. The predicted molar refractivity (Wildman–Crippen MR) is 98.6 cm³/mol. The first-order chi connectivity index (χ1) is 11.6. The van der Waals surface area contributed by atoms with Crippen molar-refractivity contribution in [1.82, 2.24) is 0 Å². The fourth-order valence-electron chi connectivity index (χ4n) is 5.63. The van der Waals surface area contributed by atoms with Crippen LogP contribution in [0.4, 0.5) is 0 Å². The molecule has 3 aliphatic rings. The number of rotatable bonds is 1. The van der Waals surface area contributed by atoms with E-state index in [4.69, 9.17) is 6.11 Å². The Hall–Kier alpha value is -1.05. The molecular formula is C22H34O2. The van der Waals surface area contributed by atoms with E-state index in [1.807, 2.05) is 0 Å². The molecule has 3 aliphatic carbocycles. The van der Waals surface area contributed by atoms with Crippen LogP contribution in [0.3, 0.4) is 0 Å². The molecule has 134 valence electrons. The summed E-state index contributed by atoms with van der Waals surface area (Å²) >= 11 is 0. The van der Waals surface area contributed by atoms with Crippen LogP contribution >= 0.6 is 0 Å². The van der Waals surface area contributed by atoms with Gasteiger partial charge in [-0.2, -0.15) is 0 Å². The summed E-state index contributed by atoms with van der Waals surface area (Å²) in [4.78, 5) is 11.5. The topological polar surface area (TPSA) is 26.3 Å².